The standard InChI is InChI=1S/C15H13ClN4S/c16-11-5-2-1-4-10(11)13-8-12(14-6-3-7-21-14)19-15-17-9-18-20(13)15/h1-7,9,12-13H,8H2,(H,17,18,19)/t12-,13-/m0/s1. The van der Waals surface area contributed by atoms with E-state index >= 15 is 0 Å². The van der Waals surface area contributed by atoms with Crippen molar-refractivity contribution in [3.63, 3.8) is 0 Å². The van der Waals surface area contributed by atoms with Gasteiger partial charge in [-0.15, -0.1) is 11.3 Å². The van der Waals surface area contributed by atoms with Crippen LogP contribution in [-0.2, 0) is 0 Å². The van der Waals surface area contributed by atoms with E-state index in [-0.39, 0.29) is 12.1 Å². The van der Waals surface area contributed by atoms with Gasteiger partial charge in [0.2, 0.25) is 5.95 Å². The topological polar surface area (TPSA) is 42.7 Å². The molecule has 1 N–H and O–H groups in total. The van der Waals surface area contributed by atoms with Crippen molar-refractivity contribution in [1.82, 2.24) is 14.8 Å². The van der Waals surface area contributed by atoms with Crippen molar-refractivity contribution in [2.24, 2.45) is 0 Å². The minimum atomic E-state index is 0.101. The molecule has 0 spiro atoms. The summed E-state index contributed by atoms with van der Waals surface area (Å²) in [5, 5.41) is 10.7. The molecule has 0 radical (unpaired) electrons. The third-order valence-electron chi connectivity index (χ3n) is 3.78. The highest BCUT2D eigenvalue weighted by Crippen LogP contribution is 2.40. The van der Waals surface area contributed by atoms with E-state index in [9.17, 15) is 0 Å². The van der Waals surface area contributed by atoms with Crippen LogP contribution < -0.4 is 5.32 Å². The first-order chi connectivity index (χ1) is 10.3. The average Bonchev–Trinajstić information content (AvgIpc) is 3.18. The zero-order valence-electron chi connectivity index (χ0n) is 11.1. The van der Waals surface area contributed by atoms with Crippen molar-refractivity contribution in [2.45, 2.75) is 18.5 Å². The first kappa shape index (κ1) is 12.9. The Labute approximate surface area is 131 Å². The van der Waals surface area contributed by atoms with Gasteiger partial charge in [-0.3, -0.25) is 0 Å². The number of nitrogens with zero attached hydrogens (tertiary/aromatic N) is 3. The van der Waals surface area contributed by atoms with Crippen molar-refractivity contribution in [3.05, 3.63) is 63.6 Å². The monoisotopic (exact) mass is 316 g/mol. The van der Waals surface area contributed by atoms with Gasteiger partial charge in [-0.1, -0.05) is 35.9 Å². The van der Waals surface area contributed by atoms with Crippen molar-refractivity contribution in [2.75, 3.05) is 5.32 Å². The number of anilines is 1. The molecule has 0 aliphatic carbocycles. The van der Waals surface area contributed by atoms with Crippen molar-refractivity contribution in [3.8, 4) is 0 Å². The summed E-state index contributed by atoms with van der Waals surface area (Å²) in [4.78, 5) is 5.63. The maximum absolute atomic E-state index is 6.38. The van der Waals surface area contributed by atoms with E-state index in [0.717, 1.165) is 23.0 Å². The lowest BCUT2D eigenvalue weighted by Gasteiger charge is -2.31. The van der Waals surface area contributed by atoms with Crippen LogP contribution in [0.25, 0.3) is 0 Å². The van der Waals surface area contributed by atoms with Gasteiger partial charge in [0, 0.05) is 9.90 Å². The van der Waals surface area contributed by atoms with Gasteiger partial charge < -0.3 is 5.32 Å². The van der Waals surface area contributed by atoms with Gasteiger partial charge in [-0.25, -0.2) is 4.68 Å². The van der Waals surface area contributed by atoms with E-state index in [0.29, 0.717) is 0 Å². The Bertz CT molecular complexity index is 753. The predicted octanol–water partition coefficient (Wildman–Crippen LogP) is 4.14. The summed E-state index contributed by atoms with van der Waals surface area (Å²) in [7, 11) is 0. The Kier molecular flexibility index (Phi) is 3.16. The first-order valence-corrected chi connectivity index (χ1v) is 8.02. The minimum Gasteiger partial charge on any atom is -0.347 e. The van der Waals surface area contributed by atoms with E-state index < -0.39 is 0 Å². The van der Waals surface area contributed by atoms with Gasteiger partial charge in [0.1, 0.15) is 6.33 Å². The lowest BCUT2D eigenvalue weighted by atomic mass is 9.97. The number of nitrogens with one attached hydrogen (secondary N) is 1. The van der Waals surface area contributed by atoms with E-state index in [1.54, 1.807) is 17.7 Å². The molecule has 3 aromatic rings. The molecule has 2 aromatic heterocycles. The van der Waals surface area contributed by atoms with Gasteiger partial charge in [-0.05, 0) is 29.5 Å². The van der Waals surface area contributed by atoms with Gasteiger partial charge in [0.05, 0.1) is 12.1 Å². The molecule has 4 nitrogen and oxygen atoms in total. The third kappa shape index (κ3) is 2.22. The largest absolute Gasteiger partial charge is 0.347 e. The normalized spacial score (nSPS) is 20.8. The van der Waals surface area contributed by atoms with Crippen LogP contribution in [0.1, 0.15) is 28.9 Å². The second-order valence-corrected chi connectivity index (χ2v) is 6.40. The Hall–Kier alpha value is -1.85. The van der Waals surface area contributed by atoms with Crippen LogP contribution in [0.3, 0.4) is 0 Å². The summed E-state index contributed by atoms with van der Waals surface area (Å²) >= 11 is 8.14. The summed E-state index contributed by atoms with van der Waals surface area (Å²) in [6.45, 7) is 0. The highest BCUT2D eigenvalue weighted by molar-refractivity contribution is 7.10. The summed E-state index contributed by atoms with van der Waals surface area (Å²) in [5.41, 5.74) is 1.09. The number of aromatic nitrogens is 3. The molecule has 1 aliphatic rings. The number of halogens is 1. The fourth-order valence-corrected chi connectivity index (χ4v) is 3.85. The second-order valence-electron chi connectivity index (χ2n) is 5.01. The molecule has 0 saturated carbocycles. The molecule has 3 heterocycles. The number of benzene rings is 1. The van der Waals surface area contributed by atoms with E-state index in [1.165, 1.54) is 4.88 Å². The molecule has 0 bridgehead atoms. The SMILES string of the molecule is Clc1ccccc1[C@@H]1C[C@@H](c2cccs2)Nc2ncnn21. The van der Waals surface area contributed by atoms with Crippen LogP contribution in [0, 0.1) is 0 Å². The molecule has 1 aromatic carbocycles. The summed E-state index contributed by atoms with van der Waals surface area (Å²) < 4.78 is 1.92. The van der Waals surface area contributed by atoms with Crippen LogP contribution in [0.15, 0.2) is 48.1 Å². The number of fused-ring (bicyclic) bond motifs is 1. The number of hydrogen-bond acceptors (Lipinski definition) is 4. The van der Waals surface area contributed by atoms with Crippen LogP contribution >= 0.6 is 22.9 Å². The summed E-state index contributed by atoms with van der Waals surface area (Å²) in [5.74, 6) is 0.796. The first-order valence-electron chi connectivity index (χ1n) is 6.77. The molecule has 21 heavy (non-hydrogen) atoms. The van der Waals surface area contributed by atoms with E-state index in [2.05, 4.69) is 39.0 Å². The molecular weight excluding hydrogens is 304 g/mol. The number of hydrogen-bond donors (Lipinski definition) is 1. The lowest BCUT2D eigenvalue weighted by molar-refractivity contribution is 0.433. The van der Waals surface area contributed by atoms with Crippen molar-refractivity contribution in [1.29, 1.82) is 0 Å². The second kappa shape index (κ2) is 5.16. The van der Waals surface area contributed by atoms with E-state index in [4.69, 9.17) is 11.6 Å². The molecule has 0 amide bonds. The molecule has 2 atom stereocenters. The van der Waals surface area contributed by atoms with Crippen molar-refractivity contribution >= 4 is 28.9 Å². The third-order valence-corrected chi connectivity index (χ3v) is 5.11. The van der Waals surface area contributed by atoms with Crippen LogP contribution in [0.4, 0.5) is 5.95 Å². The van der Waals surface area contributed by atoms with Crippen LogP contribution in [0.2, 0.25) is 5.02 Å². The Balaban J connectivity index is 1.78. The van der Waals surface area contributed by atoms with Gasteiger partial charge in [0.15, 0.2) is 0 Å². The zero-order chi connectivity index (χ0) is 14.2. The maximum atomic E-state index is 6.38. The molecule has 0 fully saturated rings. The fourth-order valence-electron chi connectivity index (χ4n) is 2.80. The summed E-state index contributed by atoms with van der Waals surface area (Å²) in [6.07, 6.45) is 2.49. The lowest BCUT2D eigenvalue weighted by Crippen LogP contribution is -2.27. The van der Waals surface area contributed by atoms with Gasteiger partial charge in [0.25, 0.3) is 0 Å². The molecule has 1 aliphatic heterocycles. The van der Waals surface area contributed by atoms with Crippen molar-refractivity contribution < 1.29 is 0 Å². The van der Waals surface area contributed by atoms with Crippen LogP contribution in [-0.4, -0.2) is 14.8 Å². The molecule has 0 unspecified atom stereocenters. The van der Waals surface area contributed by atoms with Crippen LogP contribution in [0.5, 0.6) is 0 Å². The zero-order valence-corrected chi connectivity index (χ0v) is 12.7. The Morgan fingerprint density at radius 2 is 2.14 bits per heavy atom. The Morgan fingerprint density at radius 3 is 2.95 bits per heavy atom. The quantitative estimate of drug-likeness (QED) is 0.772. The fraction of sp³-hybridized carbons (Fsp3) is 0.200. The molecular formula is C15H13ClN4S. The highest BCUT2D eigenvalue weighted by Gasteiger charge is 2.31. The van der Waals surface area contributed by atoms with Gasteiger partial charge >= 0.3 is 0 Å². The number of thiophene rings is 1. The van der Waals surface area contributed by atoms with E-state index in [1.807, 2.05) is 22.9 Å². The highest BCUT2D eigenvalue weighted by atomic mass is 35.5. The molecule has 0 saturated heterocycles. The minimum absolute atomic E-state index is 0.101. The van der Waals surface area contributed by atoms with Gasteiger partial charge in [-0.2, -0.15) is 10.1 Å². The smallest absolute Gasteiger partial charge is 0.222 e. The Morgan fingerprint density at radius 1 is 1.24 bits per heavy atom. The summed E-state index contributed by atoms with van der Waals surface area (Å²) in [6, 6.07) is 12.5. The number of rotatable bonds is 2. The molecule has 106 valence electrons. The predicted molar refractivity (Wildman–Crippen MR) is 84.9 cm³/mol. The molecule has 4 rings (SSSR count). The average molecular weight is 317 g/mol. The maximum Gasteiger partial charge on any atom is 0.222 e. The molecule has 6 heteroatoms.